The van der Waals surface area contributed by atoms with Crippen molar-refractivity contribution >= 4 is 22.5 Å². The average molecular weight is 410 g/mol. The van der Waals surface area contributed by atoms with E-state index in [2.05, 4.69) is 22.3 Å². The van der Waals surface area contributed by atoms with Crippen molar-refractivity contribution in [3.8, 4) is 11.3 Å². The number of thioether (sulfide) groups is 1. The summed E-state index contributed by atoms with van der Waals surface area (Å²) in [4.78, 5) is 1.10. The summed E-state index contributed by atoms with van der Waals surface area (Å²) >= 11 is 1.72. The SMILES string of the molecule is Cc1cc(C(F)(F)F)ccc1-c1nncc2cc(SCc3ccccc3)ccc12. The fraction of sp³-hybridized carbons (Fsp3) is 0.130. The molecule has 146 valence electrons. The van der Waals surface area contributed by atoms with Gasteiger partial charge in [-0.1, -0.05) is 42.5 Å². The zero-order valence-electron chi connectivity index (χ0n) is 15.6. The van der Waals surface area contributed by atoms with Gasteiger partial charge in [-0.3, -0.25) is 0 Å². The van der Waals surface area contributed by atoms with Crippen LogP contribution in [-0.4, -0.2) is 10.2 Å². The monoisotopic (exact) mass is 410 g/mol. The highest BCUT2D eigenvalue weighted by Gasteiger charge is 2.30. The fourth-order valence-corrected chi connectivity index (χ4v) is 4.10. The van der Waals surface area contributed by atoms with Crippen molar-refractivity contribution in [1.29, 1.82) is 0 Å². The third kappa shape index (κ3) is 4.27. The number of nitrogens with zero attached hydrogens (tertiary/aromatic N) is 2. The summed E-state index contributed by atoms with van der Waals surface area (Å²) in [6, 6.07) is 19.9. The lowest BCUT2D eigenvalue weighted by molar-refractivity contribution is -0.137. The maximum atomic E-state index is 13.0. The number of hydrogen-bond donors (Lipinski definition) is 0. The number of halogens is 3. The lowest BCUT2D eigenvalue weighted by atomic mass is 9.99. The van der Waals surface area contributed by atoms with E-state index in [0.717, 1.165) is 33.6 Å². The lowest BCUT2D eigenvalue weighted by Crippen LogP contribution is -2.05. The summed E-state index contributed by atoms with van der Waals surface area (Å²) in [6.45, 7) is 1.66. The molecule has 4 aromatic rings. The van der Waals surface area contributed by atoms with E-state index >= 15 is 0 Å². The molecule has 0 saturated carbocycles. The van der Waals surface area contributed by atoms with Crippen molar-refractivity contribution in [3.05, 3.63) is 89.6 Å². The highest BCUT2D eigenvalue weighted by molar-refractivity contribution is 7.98. The summed E-state index contributed by atoms with van der Waals surface area (Å²) in [7, 11) is 0. The fourth-order valence-electron chi connectivity index (χ4n) is 3.20. The van der Waals surface area contributed by atoms with Crippen LogP contribution >= 0.6 is 11.8 Å². The molecule has 0 amide bonds. The molecular formula is C23H17F3N2S. The van der Waals surface area contributed by atoms with Gasteiger partial charge in [0, 0.05) is 27.0 Å². The van der Waals surface area contributed by atoms with Crippen molar-refractivity contribution in [1.82, 2.24) is 10.2 Å². The van der Waals surface area contributed by atoms with Crippen molar-refractivity contribution in [2.75, 3.05) is 0 Å². The standard InChI is InChI=1S/C23H17F3N2S/c1-15-11-18(23(24,25)26)7-9-20(15)22-21-10-8-19(12-17(21)13-27-28-22)29-14-16-5-3-2-4-6-16/h2-13H,14H2,1H3. The number of aryl methyl sites for hydroxylation is 1. The van der Waals surface area contributed by atoms with E-state index in [1.807, 2.05) is 36.4 Å². The average Bonchev–Trinajstić information content (AvgIpc) is 2.72. The molecule has 0 bridgehead atoms. The molecule has 1 heterocycles. The van der Waals surface area contributed by atoms with Crippen molar-refractivity contribution in [2.45, 2.75) is 23.7 Å². The predicted octanol–water partition coefficient (Wildman–Crippen LogP) is 6.92. The minimum atomic E-state index is -4.36. The number of alkyl halides is 3. The third-order valence-corrected chi connectivity index (χ3v) is 5.75. The Labute approximate surface area is 170 Å². The summed E-state index contributed by atoms with van der Waals surface area (Å²) in [6.07, 6.45) is -2.68. The van der Waals surface area contributed by atoms with E-state index in [-0.39, 0.29) is 0 Å². The number of fused-ring (bicyclic) bond motifs is 1. The van der Waals surface area contributed by atoms with Gasteiger partial charge in [0.1, 0.15) is 5.69 Å². The molecule has 0 aliphatic carbocycles. The van der Waals surface area contributed by atoms with Gasteiger partial charge < -0.3 is 0 Å². The third-order valence-electron chi connectivity index (χ3n) is 4.69. The molecule has 0 saturated heterocycles. The Morgan fingerprint density at radius 1 is 0.931 bits per heavy atom. The number of rotatable bonds is 4. The number of hydrogen-bond acceptors (Lipinski definition) is 3. The van der Waals surface area contributed by atoms with E-state index < -0.39 is 11.7 Å². The molecule has 29 heavy (non-hydrogen) atoms. The Balaban J connectivity index is 1.66. The van der Waals surface area contributed by atoms with Crippen LogP contribution in [0.15, 0.2) is 77.8 Å². The van der Waals surface area contributed by atoms with Gasteiger partial charge >= 0.3 is 6.18 Å². The molecule has 0 unspecified atom stereocenters. The van der Waals surface area contributed by atoms with Crippen molar-refractivity contribution in [3.63, 3.8) is 0 Å². The molecule has 0 fully saturated rings. The molecule has 6 heteroatoms. The van der Waals surface area contributed by atoms with Crippen LogP contribution in [0.2, 0.25) is 0 Å². The van der Waals surface area contributed by atoms with Crippen molar-refractivity contribution < 1.29 is 13.2 Å². The number of aromatic nitrogens is 2. The summed E-state index contributed by atoms with van der Waals surface area (Å²) < 4.78 is 38.9. The molecule has 0 aliphatic heterocycles. The van der Waals surface area contributed by atoms with E-state index in [1.54, 1.807) is 24.9 Å². The first-order chi connectivity index (χ1) is 13.9. The summed E-state index contributed by atoms with van der Waals surface area (Å²) in [5, 5.41) is 10.1. The smallest absolute Gasteiger partial charge is 0.166 e. The number of benzene rings is 3. The van der Waals surface area contributed by atoms with E-state index in [1.165, 1.54) is 11.6 Å². The maximum Gasteiger partial charge on any atom is 0.416 e. The molecular weight excluding hydrogens is 393 g/mol. The van der Waals surface area contributed by atoms with Crippen LogP contribution in [0.1, 0.15) is 16.7 Å². The normalized spacial score (nSPS) is 11.7. The van der Waals surface area contributed by atoms with E-state index in [0.29, 0.717) is 16.8 Å². The topological polar surface area (TPSA) is 25.8 Å². The minimum Gasteiger partial charge on any atom is -0.166 e. The molecule has 3 aromatic carbocycles. The second-order valence-corrected chi connectivity index (χ2v) is 7.79. The van der Waals surface area contributed by atoms with Crippen LogP contribution in [0, 0.1) is 6.92 Å². The van der Waals surface area contributed by atoms with Crippen LogP contribution in [0.3, 0.4) is 0 Å². The van der Waals surface area contributed by atoms with E-state index in [4.69, 9.17) is 0 Å². The Morgan fingerprint density at radius 2 is 1.72 bits per heavy atom. The first-order valence-electron chi connectivity index (χ1n) is 9.02. The first-order valence-corrected chi connectivity index (χ1v) is 10.0. The van der Waals surface area contributed by atoms with Gasteiger partial charge in [0.15, 0.2) is 0 Å². The van der Waals surface area contributed by atoms with Gasteiger partial charge in [-0.05, 0) is 42.3 Å². The van der Waals surface area contributed by atoms with Crippen molar-refractivity contribution in [2.24, 2.45) is 0 Å². The first kappa shape index (κ1) is 19.5. The Kier molecular flexibility index (Phi) is 5.28. The highest BCUT2D eigenvalue weighted by atomic mass is 32.2. The molecule has 0 N–H and O–H groups in total. The molecule has 0 aliphatic rings. The zero-order chi connectivity index (χ0) is 20.4. The van der Waals surface area contributed by atoms with Crippen LogP contribution < -0.4 is 0 Å². The molecule has 1 aromatic heterocycles. The van der Waals surface area contributed by atoms with Crippen LogP contribution in [0.5, 0.6) is 0 Å². The van der Waals surface area contributed by atoms with Gasteiger partial charge in [0.2, 0.25) is 0 Å². The van der Waals surface area contributed by atoms with Gasteiger partial charge in [-0.15, -0.1) is 16.9 Å². The summed E-state index contributed by atoms with van der Waals surface area (Å²) in [5.74, 6) is 0.857. The molecule has 0 radical (unpaired) electrons. The van der Waals surface area contributed by atoms with Crippen LogP contribution in [-0.2, 0) is 11.9 Å². The second kappa shape index (κ2) is 7.87. The minimum absolute atomic E-state index is 0.518. The Morgan fingerprint density at radius 3 is 2.45 bits per heavy atom. The largest absolute Gasteiger partial charge is 0.416 e. The molecule has 4 rings (SSSR count). The molecule has 0 atom stereocenters. The van der Waals surface area contributed by atoms with Crippen LogP contribution in [0.25, 0.3) is 22.0 Å². The Hall–Kier alpha value is -2.86. The maximum absolute atomic E-state index is 13.0. The van der Waals surface area contributed by atoms with Crippen LogP contribution in [0.4, 0.5) is 13.2 Å². The highest BCUT2D eigenvalue weighted by Crippen LogP contribution is 2.35. The predicted molar refractivity (Wildman–Crippen MR) is 111 cm³/mol. The lowest BCUT2D eigenvalue weighted by Gasteiger charge is -2.12. The van der Waals surface area contributed by atoms with Gasteiger partial charge in [-0.25, -0.2) is 0 Å². The second-order valence-electron chi connectivity index (χ2n) is 6.74. The molecule has 0 spiro atoms. The molecule has 2 nitrogen and oxygen atoms in total. The van der Waals surface area contributed by atoms with Gasteiger partial charge in [0.25, 0.3) is 0 Å². The summed E-state index contributed by atoms with van der Waals surface area (Å²) in [5.41, 5.74) is 2.34. The van der Waals surface area contributed by atoms with Gasteiger partial charge in [-0.2, -0.15) is 18.3 Å². The Bertz CT molecular complexity index is 1160. The zero-order valence-corrected chi connectivity index (χ0v) is 16.4. The van der Waals surface area contributed by atoms with Gasteiger partial charge in [0.05, 0.1) is 11.8 Å². The van der Waals surface area contributed by atoms with E-state index in [9.17, 15) is 13.2 Å². The quantitative estimate of drug-likeness (QED) is 0.342.